The van der Waals surface area contributed by atoms with Gasteiger partial charge in [0.25, 0.3) is 11.8 Å². The van der Waals surface area contributed by atoms with Crippen molar-refractivity contribution in [3.63, 3.8) is 0 Å². The van der Waals surface area contributed by atoms with Gasteiger partial charge in [-0.05, 0) is 59.9 Å². The first kappa shape index (κ1) is 16.1. The van der Waals surface area contributed by atoms with Gasteiger partial charge in [0, 0.05) is 0 Å². The first-order chi connectivity index (χ1) is 11.5. The van der Waals surface area contributed by atoms with Crippen LogP contribution in [0.1, 0.15) is 57.2 Å². The predicted octanol–water partition coefficient (Wildman–Crippen LogP) is 4.25. The number of nitrogens with one attached hydrogen (secondary N) is 1. The summed E-state index contributed by atoms with van der Waals surface area (Å²) in [6.45, 7) is 3.95. The van der Waals surface area contributed by atoms with Crippen LogP contribution in [0, 0.1) is 12.7 Å². The molecule has 1 heterocycles. The zero-order chi connectivity index (χ0) is 17.3. The summed E-state index contributed by atoms with van der Waals surface area (Å²) in [5.74, 6) is -1.01. The molecule has 0 fully saturated rings. The van der Waals surface area contributed by atoms with Crippen LogP contribution in [0.15, 0.2) is 42.5 Å². The molecule has 0 aliphatic carbocycles. The monoisotopic (exact) mass is 323 g/mol. The van der Waals surface area contributed by atoms with Crippen LogP contribution < -0.4 is 5.32 Å². The molecule has 2 aromatic rings. The molecule has 3 nitrogen and oxygen atoms in total. The van der Waals surface area contributed by atoms with E-state index in [9.17, 15) is 14.0 Å². The summed E-state index contributed by atoms with van der Waals surface area (Å²) < 4.78 is 13.4. The maximum absolute atomic E-state index is 13.4. The Bertz CT molecular complexity index is 868. The molecular weight excluding hydrogens is 305 g/mol. The van der Waals surface area contributed by atoms with Gasteiger partial charge in [-0.3, -0.25) is 14.9 Å². The number of hydrogen-bond acceptors (Lipinski definition) is 2. The topological polar surface area (TPSA) is 46.2 Å². The molecule has 0 atom stereocenters. The van der Waals surface area contributed by atoms with Crippen LogP contribution >= 0.6 is 0 Å². The molecule has 0 radical (unpaired) electrons. The summed E-state index contributed by atoms with van der Waals surface area (Å²) in [7, 11) is 0. The molecule has 24 heavy (non-hydrogen) atoms. The number of benzene rings is 2. The minimum atomic E-state index is -0.373. The second-order valence-electron chi connectivity index (χ2n) is 5.91. The molecule has 3 rings (SSSR count). The summed E-state index contributed by atoms with van der Waals surface area (Å²) in [5, 5.41) is 2.30. The first-order valence-electron chi connectivity index (χ1n) is 7.98. The molecule has 2 amide bonds. The van der Waals surface area contributed by atoms with Crippen molar-refractivity contribution in [2.24, 2.45) is 0 Å². The fourth-order valence-corrected chi connectivity index (χ4v) is 2.94. The molecule has 0 saturated heterocycles. The van der Waals surface area contributed by atoms with Gasteiger partial charge in [-0.1, -0.05) is 31.6 Å². The van der Waals surface area contributed by atoms with Gasteiger partial charge in [-0.15, -0.1) is 0 Å². The van der Waals surface area contributed by atoms with Crippen molar-refractivity contribution in [3.05, 3.63) is 76.1 Å². The minimum Gasteiger partial charge on any atom is -0.288 e. The second-order valence-corrected chi connectivity index (χ2v) is 5.91. The summed E-state index contributed by atoms with van der Waals surface area (Å²) in [5.41, 5.74) is 4.34. The van der Waals surface area contributed by atoms with Crippen LogP contribution in [-0.2, 0) is 0 Å². The van der Waals surface area contributed by atoms with E-state index < -0.39 is 0 Å². The second kappa shape index (κ2) is 6.40. The van der Waals surface area contributed by atoms with E-state index >= 15 is 0 Å². The molecule has 0 spiro atoms. The van der Waals surface area contributed by atoms with Crippen molar-refractivity contribution >= 4 is 17.4 Å². The zero-order valence-electron chi connectivity index (χ0n) is 13.7. The molecule has 1 aliphatic heterocycles. The molecule has 1 N–H and O–H groups in total. The fraction of sp³-hybridized carbons (Fsp3) is 0.200. The highest BCUT2D eigenvalue weighted by Crippen LogP contribution is 2.30. The SMILES string of the molecule is CCC/C=C(/c1ccc2c(c1)C(=O)NC2=O)c1ccc(F)cc1C. The Morgan fingerprint density at radius 3 is 2.54 bits per heavy atom. The predicted molar refractivity (Wildman–Crippen MR) is 91.4 cm³/mol. The Balaban J connectivity index is 2.13. The van der Waals surface area contributed by atoms with Crippen molar-refractivity contribution in [2.45, 2.75) is 26.7 Å². The van der Waals surface area contributed by atoms with E-state index in [4.69, 9.17) is 0 Å². The number of fused-ring (bicyclic) bond motifs is 1. The van der Waals surface area contributed by atoms with E-state index in [1.165, 1.54) is 12.1 Å². The van der Waals surface area contributed by atoms with Crippen LogP contribution in [0.2, 0.25) is 0 Å². The van der Waals surface area contributed by atoms with Gasteiger partial charge in [-0.2, -0.15) is 0 Å². The molecule has 0 saturated carbocycles. The van der Waals surface area contributed by atoms with E-state index in [1.54, 1.807) is 18.2 Å². The molecule has 0 unspecified atom stereocenters. The highest BCUT2D eigenvalue weighted by Gasteiger charge is 2.27. The quantitative estimate of drug-likeness (QED) is 0.855. The molecule has 0 aromatic heterocycles. The van der Waals surface area contributed by atoms with Crippen molar-refractivity contribution in [1.29, 1.82) is 0 Å². The third-order valence-corrected chi connectivity index (χ3v) is 4.16. The summed E-state index contributed by atoms with van der Waals surface area (Å²) in [6.07, 6.45) is 3.94. The lowest BCUT2D eigenvalue weighted by atomic mass is 9.91. The molecule has 0 bridgehead atoms. The van der Waals surface area contributed by atoms with Crippen LogP contribution in [0.4, 0.5) is 4.39 Å². The van der Waals surface area contributed by atoms with E-state index in [0.717, 1.165) is 35.1 Å². The number of aryl methyl sites for hydroxylation is 1. The highest BCUT2D eigenvalue weighted by atomic mass is 19.1. The average Bonchev–Trinajstić information content (AvgIpc) is 2.84. The Morgan fingerprint density at radius 1 is 1.08 bits per heavy atom. The van der Waals surface area contributed by atoms with Gasteiger partial charge in [0.2, 0.25) is 0 Å². The van der Waals surface area contributed by atoms with E-state index in [-0.39, 0.29) is 17.6 Å². The largest absolute Gasteiger partial charge is 0.288 e. The lowest BCUT2D eigenvalue weighted by Crippen LogP contribution is -2.19. The third kappa shape index (κ3) is 2.87. The van der Waals surface area contributed by atoms with Gasteiger partial charge in [0.1, 0.15) is 5.82 Å². The average molecular weight is 323 g/mol. The van der Waals surface area contributed by atoms with Crippen LogP contribution in [-0.4, -0.2) is 11.8 Å². The number of unbranched alkanes of at least 4 members (excludes halogenated alkanes) is 1. The number of carbonyl (C=O) groups is 2. The Morgan fingerprint density at radius 2 is 1.83 bits per heavy atom. The number of carbonyl (C=O) groups excluding carboxylic acids is 2. The maximum Gasteiger partial charge on any atom is 0.258 e. The minimum absolute atomic E-state index is 0.273. The molecule has 122 valence electrons. The highest BCUT2D eigenvalue weighted by molar-refractivity contribution is 6.21. The zero-order valence-corrected chi connectivity index (χ0v) is 13.7. The molecule has 1 aliphatic rings. The lowest BCUT2D eigenvalue weighted by molar-refractivity contribution is 0.0879. The maximum atomic E-state index is 13.4. The van der Waals surface area contributed by atoms with Gasteiger partial charge >= 0.3 is 0 Å². The van der Waals surface area contributed by atoms with Crippen LogP contribution in [0.5, 0.6) is 0 Å². The van der Waals surface area contributed by atoms with E-state index in [2.05, 4.69) is 18.3 Å². The molecular formula is C20H18FNO2. The lowest BCUT2D eigenvalue weighted by Gasteiger charge is -2.13. The summed E-state index contributed by atoms with van der Waals surface area (Å²) in [4.78, 5) is 23.6. The third-order valence-electron chi connectivity index (χ3n) is 4.16. The Kier molecular flexibility index (Phi) is 4.30. The van der Waals surface area contributed by atoms with Crippen molar-refractivity contribution in [2.75, 3.05) is 0 Å². The standard InChI is InChI=1S/C20H18FNO2/c1-3-4-5-16(15-9-7-14(21)10-12(15)2)13-6-8-17-18(11-13)20(24)22-19(17)23/h5-11H,3-4H2,1-2H3,(H,22,23,24)/b16-5-. The first-order valence-corrected chi connectivity index (χ1v) is 7.98. The Labute approximate surface area is 140 Å². The summed E-state index contributed by atoms with van der Waals surface area (Å²) >= 11 is 0. The smallest absolute Gasteiger partial charge is 0.258 e. The number of rotatable bonds is 4. The van der Waals surface area contributed by atoms with Gasteiger partial charge in [0.15, 0.2) is 0 Å². The number of imide groups is 1. The van der Waals surface area contributed by atoms with E-state index in [0.29, 0.717) is 11.1 Å². The normalized spacial score (nSPS) is 13.9. The fourth-order valence-electron chi connectivity index (χ4n) is 2.94. The number of hydrogen-bond donors (Lipinski definition) is 1. The van der Waals surface area contributed by atoms with Crippen molar-refractivity contribution in [1.82, 2.24) is 5.32 Å². The van der Waals surface area contributed by atoms with Crippen molar-refractivity contribution in [3.8, 4) is 0 Å². The van der Waals surface area contributed by atoms with Crippen LogP contribution in [0.25, 0.3) is 5.57 Å². The molecule has 4 heteroatoms. The van der Waals surface area contributed by atoms with E-state index in [1.807, 2.05) is 13.0 Å². The number of amides is 2. The van der Waals surface area contributed by atoms with Gasteiger partial charge in [-0.25, -0.2) is 4.39 Å². The Hall–Kier alpha value is -2.75. The van der Waals surface area contributed by atoms with Crippen LogP contribution in [0.3, 0.4) is 0 Å². The van der Waals surface area contributed by atoms with Gasteiger partial charge in [0.05, 0.1) is 11.1 Å². The number of halogens is 1. The van der Waals surface area contributed by atoms with Gasteiger partial charge < -0.3 is 0 Å². The molecule has 2 aromatic carbocycles. The van der Waals surface area contributed by atoms with Crippen molar-refractivity contribution < 1.29 is 14.0 Å². The number of allylic oxidation sites excluding steroid dienone is 1. The summed E-state index contributed by atoms with van der Waals surface area (Å²) in [6, 6.07) is 9.93.